The molecule has 86 valence electrons. The maximum absolute atomic E-state index is 11.1. The van der Waals surface area contributed by atoms with E-state index in [4.69, 9.17) is 10.6 Å². The highest BCUT2D eigenvalue weighted by Gasteiger charge is 2.14. The van der Waals surface area contributed by atoms with Gasteiger partial charge in [0.2, 0.25) is 11.8 Å². The third-order valence-corrected chi connectivity index (χ3v) is 1.60. The number of amides is 2. The van der Waals surface area contributed by atoms with Gasteiger partial charge in [-0.05, 0) is 6.92 Å². The van der Waals surface area contributed by atoms with Crippen LogP contribution in [0.3, 0.4) is 0 Å². The van der Waals surface area contributed by atoms with Crippen molar-refractivity contribution in [3.63, 3.8) is 0 Å². The first kappa shape index (κ1) is 11.9. The van der Waals surface area contributed by atoms with Gasteiger partial charge in [-0.15, -0.1) is 0 Å². The van der Waals surface area contributed by atoms with E-state index in [-0.39, 0.29) is 11.8 Å². The number of nitrogens with two attached hydrogens (primary N) is 1. The average Bonchev–Trinajstić information content (AvgIpc) is 2.26. The SMILES string of the molecule is COc1cc(C)nc(NC(=O)C(=O)NN)n1. The Kier molecular flexibility index (Phi) is 3.72. The summed E-state index contributed by atoms with van der Waals surface area (Å²) in [6.45, 7) is 1.70. The zero-order valence-corrected chi connectivity index (χ0v) is 8.77. The molecule has 0 bridgehead atoms. The minimum absolute atomic E-state index is 0.0227. The molecule has 0 saturated carbocycles. The Balaban J connectivity index is 2.85. The molecule has 1 heterocycles. The van der Waals surface area contributed by atoms with E-state index in [1.165, 1.54) is 7.11 Å². The number of nitrogens with zero attached hydrogens (tertiary/aromatic N) is 2. The molecule has 1 rings (SSSR count). The van der Waals surface area contributed by atoms with Crippen LogP contribution in [-0.2, 0) is 9.59 Å². The lowest BCUT2D eigenvalue weighted by atomic mass is 10.4. The van der Waals surface area contributed by atoms with Crippen LogP contribution in [0.2, 0.25) is 0 Å². The van der Waals surface area contributed by atoms with E-state index in [1.807, 2.05) is 0 Å². The number of hydrazine groups is 1. The number of aryl methyl sites for hydroxylation is 1. The van der Waals surface area contributed by atoms with E-state index in [1.54, 1.807) is 18.4 Å². The molecule has 0 unspecified atom stereocenters. The number of nitrogens with one attached hydrogen (secondary N) is 2. The topological polar surface area (TPSA) is 119 Å². The summed E-state index contributed by atoms with van der Waals surface area (Å²) in [6, 6.07) is 1.58. The molecule has 2 amide bonds. The van der Waals surface area contributed by atoms with Crippen molar-refractivity contribution in [2.45, 2.75) is 6.92 Å². The van der Waals surface area contributed by atoms with Crippen LogP contribution in [0.1, 0.15) is 5.69 Å². The number of carbonyl (C=O) groups is 2. The Morgan fingerprint density at radius 3 is 2.62 bits per heavy atom. The number of anilines is 1. The van der Waals surface area contributed by atoms with Crippen LogP contribution in [0.4, 0.5) is 5.95 Å². The van der Waals surface area contributed by atoms with Gasteiger partial charge in [-0.3, -0.25) is 20.3 Å². The predicted molar refractivity (Wildman–Crippen MR) is 54.3 cm³/mol. The summed E-state index contributed by atoms with van der Waals surface area (Å²) in [4.78, 5) is 29.7. The summed E-state index contributed by atoms with van der Waals surface area (Å²) >= 11 is 0. The lowest BCUT2D eigenvalue weighted by Crippen LogP contribution is -2.39. The first-order valence-corrected chi connectivity index (χ1v) is 4.28. The minimum Gasteiger partial charge on any atom is -0.481 e. The van der Waals surface area contributed by atoms with E-state index in [0.717, 1.165) is 0 Å². The van der Waals surface area contributed by atoms with Crippen molar-refractivity contribution in [2.75, 3.05) is 12.4 Å². The van der Waals surface area contributed by atoms with Crippen molar-refractivity contribution in [1.29, 1.82) is 0 Å². The smallest absolute Gasteiger partial charge is 0.323 e. The van der Waals surface area contributed by atoms with Crippen LogP contribution in [0.25, 0.3) is 0 Å². The van der Waals surface area contributed by atoms with E-state index >= 15 is 0 Å². The summed E-state index contributed by atoms with van der Waals surface area (Å²) in [5, 5.41) is 2.17. The van der Waals surface area contributed by atoms with Gasteiger partial charge < -0.3 is 4.74 Å². The van der Waals surface area contributed by atoms with Crippen LogP contribution in [0, 0.1) is 6.92 Å². The molecule has 0 fully saturated rings. The molecule has 1 aromatic heterocycles. The van der Waals surface area contributed by atoms with Gasteiger partial charge in [-0.1, -0.05) is 0 Å². The normalized spacial score (nSPS) is 9.44. The molecule has 8 heteroatoms. The second kappa shape index (κ2) is 5.03. The summed E-state index contributed by atoms with van der Waals surface area (Å²) in [7, 11) is 1.43. The zero-order valence-electron chi connectivity index (χ0n) is 8.77. The average molecular weight is 225 g/mol. The third-order valence-electron chi connectivity index (χ3n) is 1.60. The highest BCUT2D eigenvalue weighted by molar-refractivity contribution is 6.39. The third kappa shape index (κ3) is 2.89. The fourth-order valence-electron chi connectivity index (χ4n) is 0.924. The van der Waals surface area contributed by atoms with Gasteiger partial charge in [0.15, 0.2) is 0 Å². The van der Waals surface area contributed by atoms with Gasteiger partial charge in [-0.2, -0.15) is 4.98 Å². The quantitative estimate of drug-likeness (QED) is 0.249. The van der Waals surface area contributed by atoms with Gasteiger partial charge in [-0.25, -0.2) is 10.8 Å². The lowest BCUT2D eigenvalue weighted by Gasteiger charge is -2.05. The molecule has 1 aromatic rings. The first-order valence-electron chi connectivity index (χ1n) is 4.28. The molecular weight excluding hydrogens is 214 g/mol. The molecule has 0 spiro atoms. The van der Waals surface area contributed by atoms with E-state index in [2.05, 4.69) is 15.3 Å². The van der Waals surface area contributed by atoms with Gasteiger partial charge in [0.25, 0.3) is 0 Å². The number of hydrogen-bond donors (Lipinski definition) is 3. The van der Waals surface area contributed by atoms with Crippen LogP contribution < -0.4 is 21.3 Å². The predicted octanol–water partition coefficient (Wildman–Crippen LogP) is -1.28. The van der Waals surface area contributed by atoms with Gasteiger partial charge in [0.1, 0.15) is 0 Å². The molecular formula is C8H11N5O3. The standard InChI is InChI=1S/C8H11N5O3/c1-4-3-5(16-2)11-8(10-4)12-6(14)7(15)13-9/h3H,9H2,1-2H3,(H,13,15)(H,10,11,12,14). The minimum atomic E-state index is -0.982. The van der Waals surface area contributed by atoms with Crippen LogP contribution in [0.15, 0.2) is 6.07 Å². The number of carbonyl (C=O) groups excluding carboxylic acids is 2. The molecule has 0 radical (unpaired) electrons. The fraction of sp³-hybridized carbons (Fsp3) is 0.250. The largest absolute Gasteiger partial charge is 0.481 e. The van der Waals surface area contributed by atoms with E-state index < -0.39 is 11.8 Å². The zero-order chi connectivity index (χ0) is 12.1. The first-order chi connectivity index (χ1) is 7.56. The molecule has 0 saturated heterocycles. The summed E-state index contributed by atoms with van der Waals surface area (Å²) in [5.74, 6) is 3.12. The van der Waals surface area contributed by atoms with Gasteiger partial charge in [0.05, 0.1) is 7.11 Å². The second-order valence-corrected chi connectivity index (χ2v) is 2.80. The monoisotopic (exact) mass is 225 g/mol. The number of aromatic nitrogens is 2. The Morgan fingerprint density at radius 2 is 2.06 bits per heavy atom. The van der Waals surface area contributed by atoms with Crippen LogP contribution in [0.5, 0.6) is 5.88 Å². The summed E-state index contributed by atoms with van der Waals surface area (Å²) < 4.78 is 4.88. The Labute approximate surface area is 91.2 Å². The van der Waals surface area contributed by atoms with Crippen molar-refractivity contribution in [1.82, 2.24) is 15.4 Å². The van der Waals surface area contributed by atoms with Crippen LogP contribution in [-0.4, -0.2) is 28.9 Å². The molecule has 0 aromatic carbocycles. The maximum atomic E-state index is 11.1. The maximum Gasteiger partial charge on any atom is 0.323 e. The second-order valence-electron chi connectivity index (χ2n) is 2.80. The van der Waals surface area contributed by atoms with E-state index in [9.17, 15) is 9.59 Å². The Morgan fingerprint density at radius 1 is 1.38 bits per heavy atom. The molecule has 4 N–H and O–H groups in total. The Hall–Kier alpha value is -2.22. The van der Waals surface area contributed by atoms with Crippen molar-refractivity contribution < 1.29 is 14.3 Å². The molecule has 0 aliphatic carbocycles. The Bertz CT molecular complexity index is 420. The number of hydrogen-bond acceptors (Lipinski definition) is 6. The summed E-state index contributed by atoms with van der Waals surface area (Å²) in [5.41, 5.74) is 2.28. The summed E-state index contributed by atoms with van der Waals surface area (Å²) in [6.07, 6.45) is 0. The van der Waals surface area contributed by atoms with Crippen molar-refractivity contribution in [3.8, 4) is 5.88 Å². The molecule has 0 aliphatic rings. The molecule has 0 aliphatic heterocycles. The lowest BCUT2D eigenvalue weighted by molar-refractivity contribution is -0.136. The van der Waals surface area contributed by atoms with Gasteiger partial charge in [0, 0.05) is 11.8 Å². The molecule has 8 nitrogen and oxygen atoms in total. The fourth-order valence-corrected chi connectivity index (χ4v) is 0.924. The molecule has 0 atom stereocenters. The van der Waals surface area contributed by atoms with Gasteiger partial charge >= 0.3 is 11.8 Å². The number of ether oxygens (including phenoxy) is 1. The highest BCUT2D eigenvalue weighted by atomic mass is 16.5. The van der Waals surface area contributed by atoms with Crippen LogP contribution >= 0.6 is 0 Å². The molecule has 16 heavy (non-hydrogen) atoms. The van der Waals surface area contributed by atoms with Crippen molar-refractivity contribution in [3.05, 3.63) is 11.8 Å². The van der Waals surface area contributed by atoms with Crippen molar-refractivity contribution in [2.24, 2.45) is 5.84 Å². The number of methoxy groups -OCH3 is 1. The number of rotatable bonds is 2. The van der Waals surface area contributed by atoms with Crippen molar-refractivity contribution >= 4 is 17.8 Å². The highest BCUT2D eigenvalue weighted by Crippen LogP contribution is 2.10. The van der Waals surface area contributed by atoms with E-state index in [0.29, 0.717) is 5.69 Å².